The monoisotopic (exact) mass is 293 g/mol. The van der Waals surface area contributed by atoms with Crippen LogP contribution in [0, 0.1) is 0 Å². The fourth-order valence-electron chi connectivity index (χ4n) is 2.71. The van der Waals surface area contributed by atoms with E-state index in [0.717, 1.165) is 35.9 Å². The van der Waals surface area contributed by atoms with E-state index < -0.39 is 0 Å². The van der Waals surface area contributed by atoms with Crippen molar-refractivity contribution in [3.8, 4) is 0 Å². The minimum atomic E-state index is -0.0248. The van der Waals surface area contributed by atoms with E-state index in [9.17, 15) is 4.79 Å². The zero-order valence-electron chi connectivity index (χ0n) is 11.5. The van der Waals surface area contributed by atoms with E-state index in [4.69, 9.17) is 5.11 Å². The van der Waals surface area contributed by atoms with Crippen LogP contribution < -0.4 is 10.9 Å². The van der Waals surface area contributed by atoms with Crippen molar-refractivity contribution in [1.82, 2.24) is 15.3 Å². The zero-order chi connectivity index (χ0) is 14.1. The lowest BCUT2D eigenvalue weighted by molar-refractivity contribution is 0.237. The molecule has 1 aliphatic carbocycles. The molecule has 0 spiro atoms. The van der Waals surface area contributed by atoms with Crippen molar-refractivity contribution in [1.29, 1.82) is 0 Å². The Morgan fingerprint density at radius 2 is 2.35 bits per heavy atom. The molecular formula is C14H19N3O2S. The Morgan fingerprint density at radius 1 is 1.50 bits per heavy atom. The standard InChI is InChI=1S/C14H19N3O2S/c1-2-8(7-18)15-6-11-16-13(19)12-9-4-3-5-10(9)20-14(12)17-11/h8,15,18H,2-7H2,1H3,(H,16,17,19). The summed E-state index contributed by atoms with van der Waals surface area (Å²) < 4.78 is 0. The minimum absolute atomic E-state index is 0.0248. The fraction of sp³-hybridized carbons (Fsp3) is 0.571. The highest BCUT2D eigenvalue weighted by Crippen LogP contribution is 2.34. The lowest BCUT2D eigenvalue weighted by atomic mass is 10.2. The molecule has 2 aromatic rings. The van der Waals surface area contributed by atoms with Crippen molar-refractivity contribution >= 4 is 21.6 Å². The third kappa shape index (κ3) is 2.39. The van der Waals surface area contributed by atoms with Gasteiger partial charge in [-0.1, -0.05) is 6.92 Å². The Labute approximate surface area is 121 Å². The summed E-state index contributed by atoms with van der Waals surface area (Å²) in [7, 11) is 0. The summed E-state index contributed by atoms with van der Waals surface area (Å²) in [6.07, 6.45) is 4.07. The first-order valence-corrected chi connectivity index (χ1v) is 7.92. The van der Waals surface area contributed by atoms with Gasteiger partial charge in [0, 0.05) is 10.9 Å². The molecule has 3 N–H and O–H groups in total. The molecular weight excluding hydrogens is 274 g/mol. The Kier molecular flexibility index (Phi) is 3.87. The van der Waals surface area contributed by atoms with Crippen LogP contribution in [0.2, 0.25) is 0 Å². The van der Waals surface area contributed by atoms with Crippen LogP contribution in [-0.4, -0.2) is 27.7 Å². The number of rotatable bonds is 5. The molecule has 0 bridgehead atoms. The van der Waals surface area contributed by atoms with Crippen LogP contribution in [0.25, 0.3) is 10.2 Å². The van der Waals surface area contributed by atoms with Gasteiger partial charge in [0.2, 0.25) is 0 Å². The van der Waals surface area contributed by atoms with E-state index in [0.29, 0.717) is 12.4 Å². The maximum Gasteiger partial charge on any atom is 0.259 e. The fourth-order valence-corrected chi connectivity index (χ4v) is 3.99. The predicted octanol–water partition coefficient (Wildman–Crippen LogP) is 1.33. The smallest absolute Gasteiger partial charge is 0.259 e. The number of hydrogen-bond acceptors (Lipinski definition) is 5. The maximum atomic E-state index is 12.2. The quantitative estimate of drug-likeness (QED) is 0.777. The molecule has 1 atom stereocenters. The lowest BCUT2D eigenvalue weighted by Gasteiger charge is -2.13. The molecule has 0 saturated heterocycles. The van der Waals surface area contributed by atoms with Gasteiger partial charge in [-0.05, 0) is 31.2 Å². The molecule has 1 aliphatic rings. The van der Waals surface area contributed by atoms with Gasteiger partial charge in [-0.25, -0.2) is 4.98 Å². The van der Waals surface area contributed by atoms with E-state index in [-0.39, 0.29) is 18.2 Å². The molecule has 0 fully saturated rings. The van der Waals surface area contributed by atoms with Crippen molar-refractivity contribution in [2.45, 2.75) is 45.2 Å². The number of fused-ring (bicyclic) bond motifs is 3. The zero-order valence-corrected chi connectivity index (χ0v) is 12.3. The highest BCUT2D eigenvalue weighted by Gasteiger charge is 2.21. The molecule has 2 aromatic heterocycles. The second kappa shape index (κ2) is 5.63. The van der Waals surface area contributed by atoms with Gasteiger partial charge >= 0.3 is 0 Å². The summed E-state index contributed by atoms with van der Waals surface area (Å²) in [6.45, 7) is 2.58. The van der Waals surface area contributed by atoms with Gasteiger partial charge in [-0.15, -0.1) is 11.3 Å². The SMILES string of the molecule is CCC(CO)NCc1nc2sc3c(c2c(=O)[nH]1)CCC3. The Balaban J connectivity index is 1.89. The van der Waals surface area contributed by atoms with Gasteiger partial charge in [0.05, 0.1) is 18.5 Å². The summed E-state index contributed by atoms with van der Waals surface area (Å²) in [4.78, 5) is 21.8. The first-order valence-electron chi connectivity index (χ1n) is 7.10. The average molecular weight is 293 g/mol. The first-order chi connectivity index (χ1) is 9.72. The highest BCUT2D eigenvalue weighted by atomic mass is 32.1. The summed E-state index contributed by atoms with van der Waals surface area (Å²) >= 11 is 1.65. The topological polar surface area (TPSA) is 78.0 Å². The van der Waals surface area contributed by atoms with Crippen molar-refractivity contribution in [3.05, 3.63) is 26.6 Å². The Hall–Kier alpha value is -1.24. The van der Waals surface area contributed by atoms with E-state index in [1.165, 1.54) is 10.4 Å². The lowest BCUT2D eigenvalue weighted by Crippen LogP contribution is -2.32. The normalized spacial score (nSPS) is 15.7. The van der Waals surface area contributed by atoms with Crippen LogP contribution in [0.15, 0.2) is 4.79 Å². The molecule has 3 rings (SSSR count). The number of nitrogens with zero attached hydrogens (tertiary/aromatic N) is 1. The molecule has 0 amide bonds. The Morgan fingerprint density at radius 3 is 3.10 bits per heavy atom. The number of H-pyrrole nitrogens is 1. The minimum Gasteiger partial charge on any atom is -0.395 e. The second-order valence-electron chi connectivity index (χ2n) is 5.22. The molecule has 5 nitrogen and oxygen atoms in total. The summed E-state index contributed by atoms with van der Waals surface area (Å²) in [5.41, 5.74) is 1.18. The van der Waals surface area contributed by atoms with Gasteiger partial charge in [0.25, 0.3) is 5.56 Å². The van der Waals surface area contributed by atoms with Crippen LogP contribution in [-0.2, 0) is 19.4 Å². The number of aliphatic hydroxyl groups is 1. The Bertz CT molecular complexity index is 673. The van der Waals surface area contributed by atoms with Crippen LogP contribution in [0.3, 0.4) is 0 Å². The molecule has 108 valence electrons. The number of aliphatic hydroxyl groups excluding tert-OH is 1. The van der Waals surface area contributed by atoms with Gasteiger partial charge in [0.1, 0.15) is 10.7 Å². The molecule has 6 heteroatoms. The van der Waals surface area contributed by atoms with Crippen molar-refractivity contribution < 1.29 is 5.11 Å². The number of aromatic amines is 1. The van der Waals surface area contributed by atoms with Crippen LogP contribution >= 0.6 is 11.3 Å². The first kappa shape index (κ1) is 13.7. The number of nitrogens with one attached hydrogen (secondary N) is 2. The van der Waals surface area contributed by atoms with Crippen molar-refractivity contribution in [2.24, 2.45) is 0 Å². The molecule has 1 unspecified atom stereocenters. The van der Waals surface area contributed by atoms with E-state index in [1.807, 2.05) is 6.92 Å². The highest BCUT2D eigenvalue weighted by molar-refractivity contribution is 7.18. The van der Waals surface area contributed by atoms with E-state index in [1.54, 1.807) is 11.3 Å². The third-order valence-corrected chi connectivity index (χ3v) is 5.08. The molecule has 20 heavy (non-hydrogen) atoms. The molecule has 0 aliphatic heterocycles. The number of aromatic nitrogens is 2. The summed E-state index contributed by atoms with van der Waals surface area (Å²) in [5.74, 6) is 0.648. The second-order valence-corrected chi connectivity index (χ2v) is 6.30. The van der Waals surface area contributed by atoms with E-state index >= 15 is 0 Å². The van der Waals surface area contributed by atoms with Crippen LogP contribution in [0.4, 0.5) is 0 Å². The largest absolute Gasteiger partial charge is 0.395 e. The molecule has 0 saturated carbocycles. The van der Waals surface area contributed by atoms with Crippen molar-refractivity contribution in [3.63, 3.8) is 0 Å². The van der Waals surface area contributed by atoms with Crippen LogP contribution in [0.1, 0.15) is 36.0 Å². The van der Waals surface area contributed by atoms with Gasteiger partial charge in [0.15, 0.2) is 0 Å². The van der Waals surface area contributed by atoms with E-state index in [2.05, 4.69) is 15.3 Å². The summed E-state index contributed by atoms with van der Waals surface area (Å²) in [6, 6.07) is 0.0457. The average Bonchev–Trinajstić information content (AvgIpc) is 2.99. The van der Waals surface area contributed by atoms with Gasteiger partial charge in [-0.2, -0.15) is 0 Å². The molecule has 0 radical (unpaired) electrons. The molecule has 2 heterocycles. The number of thiophene rings is 1. The maximum absolute atomic E-state index is 12.2. The number of aryl methyl sites for hydroxylation is 2. The third-order valence-electron chi connectivity index (χ3n) is 3.90. The summed E-state index contributed by atoms with van der Waals surface area (Å²) in [5, 5.41) is 13.1. The molecule has 0 aromatic carbocycles. The van der Waals surface area contributed by atoms with Gasteiger partial charge in [-0.3, -0.25) is 4.79 Å². The van der Waals surface area contributed by atoms with Crippen LogP contribution in [0.5, 0.6) is 0 Å². The van der Waals surface area contributed by atoms with Crippen molar-refractivity contribution in [2.75, 3.05) is 6.61 Å². The predicted molar refractivity (Wildman–Crippen MR) is 80.3 cm³/mol. The van der Waals surface area contributed by atoms with Gasteiger partial charge < -0.3 is 15.4 Å². The number of hydrogen-bond donors (Lipinski definition) is 3.